The van der Waals surface area contributed by atoms with Gasteiger partial charge in [-0.15, -0.1) is 0 Å². The summed E-state index contributed by atoms with van der Waals surface area (Å²) in [5.41, 5.74) is 0.262. The topological polar surface area (TPSA) is 117 Å². The van der Waals surface area contributed by atoms with E-state index in [-0.39, 0.29) is 32.0 Å². The molecule has 0 amide bonds. The van der Waals surface area contributed by atoms with Crippen molar-refractivity contribution in [2.75, 3.05) is 87.4 Å². The van der Waals surface area contributed by atoms with Gasteiger partial charge in [-0.25, -0.2) is 9.59 Å². The molecule has 0 aromatic heterocycles. The molecule has 11 nitrogen and oxygen atoms in total. The SMILES string of the molecule is CCCC1CCC(C2CCC(COc3cc(OC)c(OCC4CCC(C5CCC(CCC)CC5)CC4)cc3C=C(C(=O)OCCOCCOC)C(=O)OCCOCCOC)CC2)CC1. The standard InChI is InChI=1S/C53H86O11/c1-6-8-39-10-18-43(19-11-39)45-22-14-41(15-23-45)37-63-49-36-50(58-5)51(64-38-42-16-24-46(25-17-42)44-20-12-40(9-7-2)13-21-44)35-47(49)34-48(52(54)61-32-30-59-28-26-56-3)53(55)62-33-31-60-29-27-57-4/h34-36,39-46H,6-33,37-38H2,1-5H3. The third kappa shape index (κ3) is 17.4. The number of carbonyl (C=O) groups excluding carboxylic acids is 2. The summed E-state index contributed by atoms with van der Waals surface area (Å²) in [5, 5.41) is 0. The van der Waals surface area contributed by atoms with Crippen LogP contribution in [0.1, 0.15) is 148 Å². The normalized spacial score (nSPS) is 26.1. The number of hydrogen-bond donors (Lipinski definition) is 0. The minimum absolute atomic E-state index is 0.0428. The van der Waals surface area contributed by atoms with Crippen molar-refractivity contribution in [2.45, 2.75) is 142 Å². The first-order chi connectivity index (χ1) is 31.3. The predicted octanol–water partition coefficient (Wildman–Crippen LogP) is 11.1. The van der Waals surface area contributed by atoms with Gasteiger partial charge in [0, 0.05) is 25.8 Å². The molecule has 4 fully saturated rings. The Hall–Kier alpha value is -2.86. The highest BCUT2D eigenvalue weighted by molar-refractivity contribution is 6.18. The van der Waals surface area contributed by atoms with Gasteiger partial charge in [0.25, 0.3) is 0 Å². The molecule has 0 unspecified atom stereocenters. The molecule has 0 atom stereocenters. The fraction of sp³-hybridized carbons (Fsp3) is 0.811. The second-order valence-electron chi connectivity index (χ2n) is 19.4. The molecule has 0 bridgehead atoms. The molecule has 4 saturated carbocycles. The number of rotatable bonds is 28. The molecule has 0 spiro atoms. The molecule has 11 heteroatoms. The Morgan fingerprint density at radius 2 is 0.875 bits per heavy atom. The van der Waals surface area contributed by atoms with Crippen molar-refractivity contribution in [3.8, 4) is 17.2 Å². The van der Waals surface area contributed by atoms with E-state index in [0.29, 0.717) is 74.3 Å². The fourth-order valence-electron chi connectivity index (χ4n) is 11.2. The zero-order valence-electron chi connectivity index (χ0n) is 40.6. The highest BCUT2D eigenvalue weighted by Gasteiger charge is 2.33. The van der Waals surface area contributed by atoms with Crippen LogP contribution in [-0.2, 0) is 38.0 Å². The van der Waals surface area contributed by atoms with Gasteiger partial charge in [-0.3, -0.25) is 0 Å². The van der Waals surface area contributed by atoms with Crippen LogP contribution in [0.5, 0.6) is 17.2 Å². The van der Waals surface area contributed by atoms with Crippen LogP contribution in [0.25, 0.3) is 6.08 Å². The molecule has 1 aromatic carbocycles. The largest absolute Gasteiger partial charge is 0.493 e. The summed E-state index contributed by atoms with van der Waals surface area (Å²) in [6.07, 6.45) is 27.6. The summed E-state index contributed by atoms with van der Waals surface area (Å²) in [6.45, 7) is 7.53. The maximum atomic E-state index is 13.7. The lowest BCUT2D eigenvalue weighted by Gasteiger charge is -2.38. The smallest absolute Gasteiger partial charge is 0.345 e. The maximum Gasteiger partial charge on any atom is 0.345 e. The molecule has 0 saturated heterocycles. The van der Waals surface area contributed by atoms with Crippen LogP contribution in [0.4, 0.5) is 0 Å². The molecule has 0 aliphatic heterocycles. The van der Waals surface area contributed by atoms with Gasteiger partial charge >= 0.3 is 11.9 Å². The molecular weight excluding hydrogens is 813 g/mol. The van der Waals surface area contributed by atoms with Gasteiger partial charge in [0.05, 0.1) is 60.0 Å². The average Bonchev–Trinajstić information content (AvgIpc) is 3.32. The number of benzene rings is 1. The lowest BCUT2D eigenvalue weighted by Crippen LogP contribution is -2.27. The van der Waals surface area contributed by atoms with Gasteiger partial charge in [-0.05, 0) is 137 Å². The lowest BCUT2D eigenvalue weighted by molar-refractivity contribution is -0.148. The van der Waals surface area contributed by atoms with E-state index < -0.39 is 11.9 Å². The second kappa shape index (κ2) is 29.7. The molecular formula is C53H86O11. The van der Waals surface area contributed by atoms with Gasteiger partial charge in [0.2, 0.25) is 0 Å². The van der Waals surface area contributed by atoms with Crippen LogP contribution in [0.2, 0.25) is 0 Å². The molecule has 0 N–H and O–H groups in total. The van der Waals surface area contributed by atoms with Crippen LogP contribution < -0.4 is 14.2 Å². The Labute approximate surface area is 386 Å². The van der Waals surface area contributed by atoms with Crippen LogP contribution in [0, 0.1) is 47.3 Å². The summed E-state index contributed by atoms with van der Waals surface area (Å²) in [5.74, 6) is 6.09. The molecule has 364 valence electrons. The van der Waals surface area contributed by atoms with Gasteiger partial charge in [-0.1, -0.05) is 65.2 Å². The Morgan fingerprint density at radius 1 is 0.484 bits per heavy atom. The Bertz CT molecular complexity index is 1450. The quantitative estimate of drug-likeness (QED) is 0.0263. The third-order valence-corrected chi connectivity index (χ3v) is 15.1. The van der Waals surface area contributed by atoms with Crippen molar-refractivity contribution < 1.29 is 52.2 Å². The van der Waals surface area contributed by atoms with Crippen LogP contribution in [-0.4, -0.2) is 99.3 Å². The lowest BCUT2D eigenvalue weighted by atomic mass is 9.69. The Kier molecular flexibility index (Phi) is 24.2. The van der Waals surface area contributed by atoms with Crippen molar-refractivity contribution >= 4 is 18.0 Å². The summed E-state index contributed by atoms with van der Waals surface area (Å²) in [7, 11) is 4.83. The second-order valence-corrected chi connectivity index (χ2v) is 19.4. The van der Waals surface area contributed by atoms with E-state index in [1.807, 2.05) is 12.1 Å². The Morgan fingerprint density at radius 3 is 1.27 bits per heavy atom. The van der Waals surface area contributed by atoms with Crippen molar-refractivity contribution in [1.82, 2.24) is 0 Å². The van der Waals surface area contributed by atoms with Crippen LogP contribution in [0.3, 0.4) is 0 Å². The minimum atomic E-state index is -0.817. The van der Waals surface area contributed by atoms with E-state index in [9.17, 15) is 9.59 Å². The maximum absolute atomic E-state index is 13.7. The van der Waals surface area contributed by atoms with Gasteiger partial charge in [0.15, 0.2) is 11.5 Å². The summed E-state index contributed by atoms with van der Waals surface area (Å²) < 4.78 is 51.4. The van der Waals surface area contributed by atoms with E-state index in [4.69, 9.17) is 42.6 Å². The highest BCUT2D eigenvalue weighted by atomic mass is 16.6. The van der Waals surface area contributed by atoms with Crippen molar-refractivity contribution in [1.29, 1.82) is 0 Å². The van der Waals surface area contributed by atoms with Gasteiger partial charge in [0.1, 0.15) is 24.5 Å². The molecule has 0 heterocycles. The molecule has 5 rings (SSSR count). The minimum Gasteiger partial charge on any atom is -0.493 e. The molecule has 4 aliphatic carbocycles. The molecule has 64 heavy (non-hydrogen) atoms. The van der Waals surface area contributed by atoms with E-state index in [2.05, 4.69) is 13.8 Å². The first kappa shape index (κ1) is 52.1. The first-order valence-corrected chi connectivity index (χ1v) is 25.5. The predicted molar refractivity (Wildman–Crippen MR) is 251 cm³/mol. The third-order valence-electron chi connectivity index (χ3n) is 15.1. The van der Waals surface area contributed by atoms with Gasteiger partial charge in [-0.2, -0.15) is 0 Å². The van der Waals surface area contributed by atoms with Crippen LogP contribution in [0.15, 0.2) is 17.7 Å². The first-order valence-electron chi connectivity index (χ1n) is 25.5. The number of hydrogen-bond acceptors (Lipinski definition) is 11. The Balaban J connectivity index is 1.29. The summed E-state index contributed by atoms with van der Waals surface area (Å²) >= 11 is 0. The number of methoxy groups -OCH3 is 3. The zero-order chi connectivity index (χ0) is 45.4. The molecule has 1 aromatic rings. The van der Waals surface area contributed by atoms with Gasteiger partial charge < -0.3 is 42.6 Å². The summed E-state index contributed by atoms with van der Waals surface area (Å²) in [6, 6.07) is 3.68. The summed E-state index contributed by atoms with van der Waals surface area (Å²) in [4.78, 5) is 27.4. The number of carbonyl (C=O) groups is 2. The fourth-order valence-corrected chi connectivity index (χ4v) is 11.2. The van der Waals surface area contributed by atoms with Crippen LogP contribution >= 0.6 is 0 Å². The molecule has 0 radical (unpaired) electrons. The van der Waals surface area contributed by atoms with Crippen molar-refractivity contribution in [2.24, 2.45) is 47.3 Å². The van der Waals surface area contributed by atoms with E-state index >= 15 is 0 Å². The van der Waals surface area contributed by atoms with E-state index in [1.165, 1.54) is 109 Å². The monoisotopic (exact) mass is 899 g/mol. The van der Waals surface area contributed by atoms with Crippen molar-refractivity contribution in [3.05, 3.63) is 23.3 Å². The van der Waals surface area contributed by atoms with E-state index in [0.717, 1.165) is 61.2 Å². The zero-order valence-corrected chi connectivity index (χ0v) is 40.6. The number of esters is 2. The molecule has 4 aliphatic rings. The van der Waals surface area contributed by atoms with Crippen molar-refractivity contribution in [3.63, 3.8) is 0 Å². The highest BCUT2D eigenvalue weighted by Crippen LogP contribution is 2.45. The number of ether oxygens (including phenoxy) is 9. The van der Waals surface area contributed by atoms with E-state index in [1.54, 1.807) is 21.3 Å². The average molecular weight is 899 g/mol.